The number of nitrogens with one attached hydrogen (secondary N) is 2. The van der Waals surface area contributed by atoms with Gasteiger partial charge >= 0.3 is 0 Å². The molecule has 0 amide bonds. The second-order valence-electron chi connectivity index (χ2n) is 4.45. The van der Waals surface area contributed by atoms with Crippen molar-refractivity contribution in [2.75, 3.05) is 18.1 Å². The molecule has 5 nitrogen and oxygen atoms in total. The zero-order valence-corrected chi connectivity index (χ0v) is 12.2. The monoisotopic (exact) mass is 303 g/mol. The quantitative estimate of drug-likeness (QED) is 0.709. The van der Waals surface area contributed by atoms with Gasteiger partial charge in [-0.05, 0) is 24.3 Å². The van der Waals surface area contributed by atoms with Gasteiger partial charge in [0.15, 0.2) is 5.65 Å². The molecule has 0 aliphatic rings. The minimum atomic E-state index is -0.180. The lowest BCUT2D eigenvalue weighted by molar-refractivity contribution is 0.610. The van der Waals surface area contributed by atoms with Crippen LogP contribution >= 0.6 is 11.8 Å². The third kappa shape index (κ3) is 2.82. The van der Waals surface area contributed by atoms with Crippen molar-refractivity contribution in [3.63, 3.8) is 0 Å². The van der Waals surface area contributed by atoms with Gasteiger partial charge in [0, 0.05) is 6.54 Å². The maximum Gasteiger partial charge on any atom is 0.161 e. The van der Waals surface area contributed by atoms with E-state index in [1.807, 2.05) is 12.3 Å². The molecule has 21 heavy (non-hydrogen) atoms. The third-order valence-electron chi connectivity index (χ3n) is 3.16. The van der Waals surface area contributed by atoms with Gasteiger partial charge < -0.3 is 5.32 Å². The molecule has 0 aliphatic heterocycles. The molecule has 1 aromatic carbocycles. The van der Waals surface area contributed by atoms with E-state index in [1.54, 1.807) is 12.1 Å². The average Bonchev–Trinajstić information content (AvgIpc) is 2.93. The lowest BCUT2D eigenvalue weighted by atomic mass is 10.1. The van der Waals surface area contributed by atoms with Crippen molar-refractivity contribution in [2.45, 2.75) is 11.4 Å². The van der Waals surface area contributed by atoms with Crippen LogP contribution in [0, 0.1) is 5.82 Å². The molecule has 0 radical (unpaired) electrons. The van der Waals surface area contributed by atoms with Crippen molar-refractivity contribution in [3.8, 4) is 0 Å². The zero-order valence-electron chi connectivity index (χ0n) is 11.4. The van der Waals surface area contributed by atoms with Crippen LogP contribution in [-0.2, 0) is 6.42 Å². The molecule has 0 saturated heterocycles. The van der Waals surface area contributed by atoms with E-state index in [4.69, 9.17) is 0 Å². The van der Waals surface area contributed by atoms with Crippen molar-refractivity contribution in [2.24, 2.45) is 0 Å². The summed E-state index contributed by atoms with van der Waals surface area (Å²) >= 11 is 1.53. The van der Waals surface area contributed by atoms with Crippen molar-refractivity contribution in [1.82, 2.24) is 20.2 Å². The molecule has 0 saturated carbocycles. The summed E-state index contributed by atoms with van der Waals surface area (Å²) in [6, 6.07) is 6.79. The van der Waals surface area contributed by atoms with E-state index in [0.29, 0.717) is 24.2 Å². The minimum absolute atomic E-state index is 0.180. The number of benzene rings is 1. The van der Waals surface area contributed by atoms with Gasteiger partial charge in [-0.15, -0.1) is 11.8 Å². The molecule has 0 aliphatic carbocycles. The number of rotatable bonds is 5. The molecule has 3 rings (SSSR count). The fourth-order valence-electron chi connectivity index (χ4n) is 2.13. The predicted octanol–water partition coefficient (Wildman–Crippen LogP) is 2.87. The molecule has 2 N–H and O–H groups in total. The van der Waals surface area contributed by atoms with E-state index < -0.39 is 0 Å². The zero-order chi connectivity index (χ0) is 14.7. The molecule has 0 atom stereocenters. The lowest BCUT2D eigenvalue weighted by Gasteiger charge is -2.07. The second-order valence-corrected chi connectivity index (χ2v) is 5.24. The third-order valence-corrected chi connectivity index (χ3v) is 3.84. The number of nitrogens with zero attached hydrogens (tertiary/aromatic N) is 3. The molecular weight excluding hydrogens is 289 g/mol. The van der Waals surface area contributed by atoms with Crippen LogP contribution in [0.2, 0.25) is 0 Å². The first-order valence-electron chi connectivity index (χ1n) is 6.50. The van der Waals surface area contributed by atoms with Crippen LogP contribution in [0.3, 0.4) is 0 Å². The number of H-pyrrole nitrogens is 1. The minimum Gasteiger partial charge on any atom is -0.369 e. The summed E-state index contributed by atoms with van der Waals surface area (Å²) in [6.45, 7) is 0.589. The van der Waals surface area contributed by atoms with Gasteiger partial charge in [0.2, 0.25) is 0 Å². The Labute approximate surface area is 125 Å². The normalized spacial score (nSPS) is 11.0. The SMILES string of the molecule is CSc1n[nH]c2ncnc(NCCc3ccccc3F)c12. The fraction of sp³-hybridized carbons (Fsp3) is 0.214. The Morgan fingerprint density at radius 1 is 1.29 bits per heavy atom. The van der Waals surface area contributed by atoms with E-state index in [2.05, 4.69) is 25.5 Å². The Morgan fingerprint density at radius 2 is 2.14 bits per heavy atom. The highest BCUT2D eigenvalue weighted by molar-refractivity contribution is 7.98. The van der Waals surface area contributed by atoms with Crippen LogP contribution in [0.4, 0.5) is 10.2 Å². The smallest absolute Gasteiger partial charge is 0.161 e. The predicted molar refractivity (Wildman–Crippen MR) is 82.1 cm³/mol. The number of anilines is 1. The van der Waals surface area contributed by atoms with Gasteiger partial charge in [0.05, 0.1) is 5.39 Å². The Balaban J connectivity index is 1.76. The van der Waals surface area contributed by atoms with Gasteiger partial charge in [-0.25, -0.2) is 14.4 Å². The van der Waals surface area contributed by atoms with Crippen molar-refractivity contribution in [3.05, 3.63) is 42.0 Å². The maximum atomic E-state index is 13.6. The average molecular weight is 303 g/mol. The number of aromatic nitrogens is 4. The number of hydrogen-bond acceptors (Lipinski definition) is 5. The van der Waals surface area contributed by atoms with Gasteiger partial charge in [-0.3, -0.25) is 5.10 Å². The summed E-state index contributed by atoms with van der Waals surface area (Å²) in [6.07, 6.45) is 4.02. The Morgan fingerprint density at radius 3 is 2.95 bits per heavy atom. The Bertz CT molecular complexity index is 758. The van der Waals surface area contributed by atoms with E-state index in [0.717, 1.165) is 16.2 Å². The topological polar surface area (TPSA) is 66.5 Å². The first kappa shape index (κ1) is 13.8. The first-order chi connectivity index (χ1) is 10.3. The maximum absolute atomic E-state index is 13.6. The summed E-state index contributed by atoms with van der Waals surface area (Å²) in [4.78, 5) is 8.40. The molecular formula is C14H14FN5S. The van der Waals surface area contributed by atoms with Crippen LogP contribution in [0.25, 0.3) is 11.0 Å². The molecule has 0 bridgehead atoms. The van der Waals surface area contributed by atoms with Crippen LogP contribution in [0.5, 0.6) is 0 Å². The van der Waals surface area contributed by atoms with Crippen LogP contribution in [0.15, 0.2) is 35.6 Å². The highest BCUT2D eigenvalue weighted by Crippen LogP contribution is 2.27. The fourth-order valence-corrected chi connectivity index (χ4v) is 2.67. The summed E-state index contributed by atoms with van der Waals surface area (Å²) in [5.74, 6) is 0.537. The van der Waals surface area contributed by atoms with Gasteiger partial charge in [0.25, 0.3) is 0 Å². The summed E-state index contributed by atoms with van der Waals surface area (Å²) in [5.41, 5.74) is 1.38. The van der Waals surface area contributed by atoms with E-state index in [9.17, 15) is 4.39 Å². The molecule has 0 spiro atoms. The second kappa shape index (κ2) is 6.09. The number of fused-ring (bicyclic) bond motifs is 1. The molecule has 0 unspecified atom stereocenters. The first-order valence-corrected chi connectivity index (χ1v) is 7.72. The van der Waals surface area contributed by atoms with Crippen molar-refractivity contribution >= 4 is 28.6 Å². The Kier molecular flexibility index (Phi) is 4.01. The molecule has 108 valence electrons. The number of hydrogen-bond donors (Lipinski definition) is 2. The Hall–Kier alpha value is -2.15. The van der Waals surface area contributed by atoms with Crippen molar-refractivity contribution < 1.29 is 4.39 Å². The number of aromatic amines is 1. The summed E-state index contributed by atoms with van der Waals surface area (Å²) in [5, 5.41) is 12.0. The number of thioether (sulfide) groups is 1. The molecule has 0 fully saturated rings. The molecule has 7 heteroatoms. The lowest BCUT2D eigenvalue weighted by Crippen LogP contribution is -2.08. The van der Waals surface area contributed by atoms with Crippen LogP contribution in [-0.4, -0.2) is 33.0 Å². The van der Waals surface area contributed by atoms with E-state index in [-0.39, 0.29) is 5.82 Å². The highest BCUT2D eigenvalue weighted by Gasteiger charge is 2.11. The van der Waals surface area contributed by atoms with E-state index >= 15 is 0 Å². The molecule has 2 aromatic heterocycles. The standard InChI is InChI=1S/C14H14FN5S/c1-21-14-11-12(17-8-18-13(11)19-20-14)16-7-6-9-4-2-3-5-10(9)15/h2-5,8H,6-7H2,1H3,(H2,16,17,18,19,20). The van der Waals surface area contributed by atoms with Crippen LogP contribution < -0.4 is 5.32 Å². The van der Waals surface area contributed by atoms with Crippen LogP contribution in [0.1, 0.15) is 5.56 Å². The highest BCUT2D eigenvalue weighted by atomic mass is 32.2. The van der Waals surface area contributed by atoms with E-state index in [1.165, 1.54) is 24.2 Å². The molecule has 3 aromatic rings. The van der Waals surface area contributed by atoms with Gasteiger partial charge in [-0.1, -0.05) is 18.2 Å². The van der Waals surface area contributed by atoms with Gasteiger partial charge in [0.1, 0.15) is 23.0 Å². The van der Waals surface area contributed by atoms with Crippen molar-refractivity contribution in [1.29, 1.82) is 0 Å². The summed E-state index contributed by atoms with van der Waals surface area (Å²) in [7, 11) is 0. The molecule has 2 heterocycles. The largest absolute Gasteiger partial charge is 0.369 e. The summed E-state index contributed by atoms with van der Waals surface area (Å²) < 4.78 is 13.6. The van der Waals surface area contributed by atoms with Gasteiger partial charge in [-0.2, -0.15) is 5.10 Å². The number of halogens is 1.